The molecular weight excluding hydrogens is 456 g/mol. The SMILES string of the molecule is CSc1nc(N)c2ncn([C@@H]3O[C@H](COP(=O)(O)OP(=O)(O)O)C(O)[C@H]3O)c2n1. The average molecular weight is 473 g/mol. The molecule has 29 heavy (non-hydrogen) atoms. The lowest BCUT2D eigenvalue weighted by Crippen LogP contribution is -2.33. The largest absolute Gasteiger partial charge is 0.481 e. The fourth-order valence-corrected chi connectivity index (χ4v) is 4.58. The maximum absolute atomic E-state index is 11.5. The van der Waals surface area contributed by atoms with E-state index in [0.717, 1.165) is 0 Å². The molecular formula is C11H17N5O10P2S. The third-order valence-corrected chi connectivity index (χ3v) is 6.53. The number of anilines is 1. The van der Waals surface area contributed by atoms with Crippen LogP contribution in [0, 0.1) is 0 Å². The molecule has 0 radical (unpaired) electrons. The van der Waals surface area contributed by atoms with E-state index in [9.17, 15) is 24.2 Å². The normalized spacial score (nSPS) is 27.4. The number of ether oxygens (including phenoxy) is 1. The summed E-state index contributed by atoms with van der Waals surface area (Å²) < 4.78 is 37.1. The molecule has 3 rings (SSSR count). The lowest BCUT2D eigenvalue weighted by molar-refractivity contribution is -0.0503. The number of phosphoric ester groups is 1. The van der Waals surface area contributed by atoms with Gasteiger partial charge in [0, 0.05) is 0 Å². The Balaban J connectivity index is 1.80. The van der Waals surface area contributed by atoms with Gasteiger partial charge in [0.25, 0.3) is 0 Å². The Labute approximate surface area is 166 Å². The van der Waals surface area contributed by atoms with Gasteiger partial charge in [-0.15, -0.1) is 0 Å². The van der Waals surface area contributed by atoms with E-state index in [1.165, 1.54) is 22.7 Å². The molecule has 162 valence electrons. The highest BCUT2D eigenvalue weighted by Crippen LogP contribution is 2.57. The number of fused-ring (bicyclic) bond motifs is 1. The van der Waals surface area contributed by atoms with Gasteiger partial charge in [-0.05, 0) is 6.26 Å². The number of thioether (sulfide) groups is 1. The Bertz CT molecular complexity index is 1000. The number of nitrogens with two attached hydrogens (primary N) is 1. The summed E-state index contributed by atoms with van der Waals surface area (Å²) in [4.78, 5) is 38.8. The molecule has 0 bridgehead atoms. The van der Waals surface area contributed by atoms with Crippen molar-refractivity contribution >= 4 is 44.4 Å². The van der Waals surface area contributed by atoms with Crippen molar-refractivity contribution in [2.45, 2.75) is 29.7 Å². The van der Waals surface area contributed by atoms with Crippen LogP contribution in [0.25, 0.3) is 11.2 Å². The van der Waals surface area contributed by atoms with Gasteiger partial charge in [-0.2, -0.15) is 4.31 Å². The monoisotopic (exact) mass is 473 g/mol. The maximum atomic E-state index is 11.5. The Kier molecular flexibility index (Phi) is 6.34. The number of nitrogen functional groups attached to an aromatic ring is 1. The summed E-state index contributed by atoms with van der Waals surface area (Å²) in [5, 5.41) is 20.8. The molecule has 2 aromatic heterocycles. The summed E-state index contributed by atoms with van der Waals surface area (Å²) in [7, 11) is -10.4. The van der Waals surface area contributed by atoms with Crippen LogP contribution in [0.4, 0.5) is 5.82 Å². The Morgan fingerprint density at radius 1 is 1.28 bits per heavy atom. The zero-order chi connectivity index (χ0) is 21.6. The van der Waals surface area contributed by atoms with Gasteiger partial charge in [0.05, 0.1) is 12.9 Å². The summed E-state index contributed by atoms with van der Waals surface area (Å²) in [6.07, 6.45) is -2.66. The van der Waals surface area contributed by atoms with E-state index in [-0.39, 0.29) is 17.0 Å². The molecule has 0 aromatic carbocycles. The lowest BCUT2D eigenvalue weighted by Gasteiger charge is -2.17. The highest BCUT2D eigenvalue weighted by atomic mass is 32.2. The molecule has 0 aliphatic carbocycles. The van der Waals surface area contributed by atoms with Crippen LogP contribution in [0.5, 0.6) is 0 Å². The topological polar surface area (TPSA) is 233 Å². The molecule has 1 fully saturated rings. The van der Waals surface area contributed by atoms with Crippen LogP contribution < -0.4 is 5.73 Å². The number of nitrogens with zero attached hydrogens (tertiary/aromatic N) is 4. The minimum Gasteiger partial charge on any atom is -0.387 e. The van der Waals surface area contributed by atoms with Crippen molar-refractivity contribution < 1.29 is 47.6 Å². The van der Waals surface area contributed by atoms with E-state index in [1.807, 2.05) is 0 Å². The summed E-state index contributed by atoms with van der Waals surface area (Å²) >= 11 is 1.22. The van der Waals surface area contributed by atoms with Gasteiger partial charge in [-0.1, -0.05) is 11.8 Å². The summed E-state index contributed by atoms with van der Waals surface area (Å²) in [5.41, 5.74) is 6.29. The third kappa shape index (κ3) is 4.95. The van der Waals surface area contributed by atoms with Crippen molar-refractivity contribution in [2.24, 2.45) is 0 Å². The number of hydrogen-bond acceptors (Lipinski definition) is 12. The van der Waals surface area contributed by atoms with Crippen LogP contribution in [-0.2, 0) is 22.7 Å². The fourth-order valence-electron chi connectivity index (χ4n) is 2.62. The van der Waals surface area contributed by atoms with Crippen LogP contribution in [-0.4, -0.2) is 75.6 Å². The van der Waals surface area contributed by atoms with Gasteiger partial charge >= 0.3 is 15.6 Å². The summed E-state index contributed by atoms with van der Waals surface area (Å²) in [5.74, 6) is 0.0989. The highest BCUT2D eigenvalue weighted by Gasteiger charge is 2.46. The molecule has 2 aromatic rings. The van der Waals surface area contributed by atoms with Crippen LogP contribution in [0.1, 0.15) is 6.23 Å². The van der Waals surface area contributed by atoms with Crippen molar-refractivity contribution in [1.29, 1.82) is 0 Å². The van der Waals surface area contributed by atoms with E-state index in [4.69, 9.17) is 20.3 Å². The van der Waals surface area contributed by atoms with Crippen LogP contribution in [0.3, 0.4) is 0 Å². The molecule has 0 amide bonds. The molecule has 1 saturated heterocycles. The van der Waals surface area contributed by atoms with Gasteiger partial charge in [0.1, 0.15) is 23.8 Å². The number of hydrogen-bond donors (Lipinski definition) is 6. The van der Waals surface area contributed by atoms with Crippen molar-refractivity contribution in [1.82, 2.24) is 19.5 Å². The lowest BCUT2D eigenvalue weighted by atomic mass is 10.1. The third-order valence-electron chi connectivity index (χ3n) is 3.83. The predicted molar refractivity (Wildman–Crippen MR) is 96.3 cm³/mol. The van der Waals surface area contributed by atoms with E-state index in [2.05, 4.69) is 23.8 Å². The fraction of sp³-hybridized carbons (Fsp3) is 0.545. The zero-order valence-electron chi connectivity index (χ0n) is 14.5. The molecule has 18 heteroatoms. The second-order valence-electron chi connectivity index (χ2n) is 5.80. The van der Waals surface area contributed by atoms with Gasteiger partial charge in [0.2, 0.25) is 0 Å². The van der Waals surface area contributed by atoms with Crippen LogP contribution in [0.15, 0.2) is 11.5 Å². The van der Waals surface area contributed by atoms with Crippen molar-refractivity contribution in [3.05, 3.63) is 6.33 Å². The molecule has 3 heterocycles. The first-order valence-corrected chi connectivity index (χ1v) is 12.0. The Morgan fingerprint density at radius 2 is 1.97 bits per heavy atom. The first-order chi connectivity index (χ1) is 13.4. The summed E-state index contributed by atoms with van der Waals surface area (Å²) in [6, 6.07) is 0. The molecule has 7 N–H and O–H groups in total. The van der Waals surface area contributed by atoms with Gasteiger partial charge in [0.15, 0.2) is 22.8 Å². The molecule has 0 saturated carbocycles. The second kappa shape index (κ2) is 8.17. The molecule has 1 aliphatic rings. The number of aromatic nitrogens is 4. The highest BCUT2D eigenvalue weighted by molar-refractivity contribution is 7.98. The predicted octanol–water partition coefficient (Wildman–Crippen LogP) is -1.02. The quantitative estimate of drug-likeness (QED) is 0.160. The summed E-state index contributed by atoms with van der Waals surface area (Å²) in [6.45, 7) is -0.817. The van der Waals surface area contributed by atoms with E-state index < -0.39 is 46.8 Å². The van der Waals surface area contributed by atoms with Crippen molar-refractivity contribution in [2.75, 3.05) is 18.6 Å². The number of imidazole rings is 1. The number of phosphoric acid groups is 2. The Morgan fingerprint density at radius 3 is 2.59 bits per heavy atom. The molecule has 15 nitrogen and oxygen atoms in total. The minimum absolute atomic E-state index is 0.0989. The van der Waals surface area contributed by atoms with E-state index >= 15 is 0 Å². The first kappa shape index (κ1) is 22.5. The van der Waals surface area contributed by atoms with Crippen LogP contribution >= 0.6 is 27.4 Å². The average Bonchev–Trinajstić information content (AvgIpc) is 3.13. The van der Waals surface area contributed by atoms with Gasteiger partial charge in [-0.25, -0.2) is 24.1 Å². The number of aliphatic hydroxyl groups is 2. The zero-order valence-corrected chi connectivity index (χ0v) is 17.1. The van der Waals surface area contributed by atoms with Crippen molar-refractivity contribution in [3.8, 4) is 0 Å². The first-order valence-electron chi connectivity index (χ1n) is 7.71. The van der Waals surface area contributed by atoms with E-state index in [1.54, 1.807) is 6.26 Å². The molecule has 1 aliphatic heterocycles. The minimum atomic E-state index is -5.30. The van der Waals surface area contributed by atoms with Gasteiger partial charge in [-0.3, -0.25) is 9.09 Å². The smallest absolute Gasteiger partial charge is 0.387 e. The molecule has 5 atom stereocenters. The number of aliphatic hydroxyl groups excluding tert-OH is 2. The van der Waals surface area contributed by atoms with Crippen LogP contribution in [0.2, 0.25) is 0 Å². The second-order valence-corrected chi connectivity index (χ2v) is 9.41. The maximum Gasteiger partial charge on any atom is 0.481 e. The number of rotatable bonds is 7. The van der Waals surface area contributed by atoms with E-state index in [0.29, 0.717) is 5.16 Å². The van der Waals surface area contributed by atoms with Gasteiger partial charge < -0.3 is 35.4 Å². The molecule has 2 unspecified atom stereocenters. The standard InChI is InChI=1S/C11H17N5O10P2S/c1-29-11-14-8(12)5-9(15-11)16(3-13-5)10-7(18)6(17)4(25-10)2-24-28(22,23)26-27(19,20)21/h3-4,6-7,10,17-18H,2H2,1H3,(H,22,23)(H2,12,14,15)(H2,19,20,21)/t4-,6?,7-,10-/m1/s1. The molecule has 0 spiro atoms. The van der Waals surface area contributed by atoms with Crippen molar-refractivity contribution in [3.63, 3.8) is 0 Å². The Hall–Kier alpha value is -1.16.